The quantitative estimate of drug-likeness (QED) is 0.0884. The lowest BCUT2D eigenvalue weighted by atomic mass is 9.80. The second-order valence-electron chi connectivity index (χ2n) is 22.6. The van der Waals surface area contributed by atoms with Crippen LogP contribution in [0.5, 0.6) is 0 Å². The number of hydrogen-bond acceptors (Lipinski definition) is 9. The molecule has 0 bridgehead atoms. The number of furan rings is 2. The summed E-state index contributed by atoms with van der Waals surface area (Å²) in [5.41, 5.74) is 6.34. The van der Waals surface area contributed by atoms with Crippen molar-refractivity contribution in [2.75, 3.05) is 0 Å². The van der Waals surface area contributed by atoms with E-state index in [0.29, 0.717) is 48.6 Å². The minimum absolute atomic E-state index is 0. The molecule has 88 heavy (non-hydrogen) atoms. The topological polar surface area (TPSA) is 155 Å². The Hall–Kier alpha value is -8.45. The Morgan fingerprint density at radius 2 is 1.02 bits per heavy atom. The number of ketones is 1. The Balaban J connectivity index is 0.000000207. The molecule has 8 aromatic carbocycles. The van der Waals surface area contributed by atoms with Crippen LogP contribution < -0.4 is 0 Å². The number of benzene rings is 8. The van der Waals surface area contributed by atoms with Crippen LogP contribution in [0, 0.1) is 13.8 Å². The summed E-state index contributed by atoms with van der Waals surface area (Å²) in [6.45, 7) is 12.0. The number of carboxylic acid groups (broad SMARTS) is 1. The van der Waals surface area contributed by atoms with E-state index in [1.165, 1.54) is 15.6 Å². The van der Waals surface area contributed by atoms with E-state index in [9.17, 15) is 44.7 Å². The van der Waals surface area contributed by atoms with Crippen LogP contribution in [-0.2, 0) is 72.8 Å². The van der Waals surface area contributed by atoms with Gasteiger partial charge in [-0.1, -0.05) is 177 Å². The molecule has 11 nitrogen and oxygen atoms in total. The Kier molecular flexibility index (Phi) is 18.4. The molecule has 0 unspecified atom stereocenters. The zero-order valence-corrected chi connectivity index (χ0v) is 51.3. The molecule has 1 N–H and O–H groups in total. The van der Waals surface area contributed by atoms with Gasteiger partial charge in [-0.2, -0.15) is 21.8 Å². The Morgan fingerprint density at radius 3 is 1.57 bits per heavy atom. The van der Waals surface area contributed by atoms with Crippen molar-refractivity contribution < 1.29 is 53.5 Å². The Morgan fingerprint density at radius 1 is 0.511 bits per heavy atom. The number of thiophene rings is 1. The van der Waals surface area contributed by atoms with Crippen LogP contribution in [0.15, 0.2) is 219 Å². The van der Waals surface area contributed by atoms with Gasteiger partial charge in [0.2, 0.25) is 25.8 Å². The Bertz CT molecular complexity index is 4570. The molecule has 0 radical (unpaired) electrons. The third kappa shape index (κ3) is 13.3. The minimum Gasteiger partial charge on any atom is -0.481 e. The van der Waals surface area contributed by atoms with E-state index in [1.807, 2.05) is 185 Å². The molecule has 0 atom stereocenters. The van der Waals surface area contributed by atoms with Gasteiger partial charge >= 0.3 is 12.1 Å². The summed E-state index contributed by atoms with van der Waals surface area (Å²) in [4.78, 5) is 25.0. The summed E-state index contributed by atoms with van der Waals surface area (Å²) in [5.74, 6) is -1.58. The lowest BCUT2D eigenvalue weighted by Gasteiger charge is -2.24. The van der Waals surface area contributed by atoms with E-state index >= 15 is 0 Å². The van der Waals surface area contributed by atoms with Crippen molar-refractivity contribution in [2.24, 2.45) is 0 Å². The van der Waals surface area contributed by atoms with Gasteiger partial charge in [0.1, 0.15) is 27.8 Å². The summed E-state index contributed by atoms with van der Waals surface area (Å²) in [5, 5.41) is 12.7. The van der Waals surface area contributed by atoms with Crippen LogP contribution >= 0.6 is 11.3 Å². The number of alkyl halides is 3. The van der Waals surface area contributed by atoms with Gasteiger partial charge in [-0.15, -0.1) is 11.3 Å². The van der Waals surface area contributed by atoms with Gasteiger partial charge in [0.15, 0.2) is 0 Å². The summed E-state index contributed by atoms with van der Waals surface area (Å²) in [6, 6.07) is 60.2. The van der Waals surface area contributed by atoms with E-state index in [0.717, 1.165) is 65.3 Å². The number of carbonyl (C=O) groups is 2. The predicted octanol–water partition coefficient (Wildman–Crippen LogP) is 17.7. The van der Waals surface area contributed by atoms with Crippen LogP contribution in [-0.4, -0.2) is 42.3 Å². The van der Waals surface area contributed by atoms with Gasteiger partial charge in [0, 0.05) is 44.2 Å². The SMILES string of the molecule is C.CC(=O)C(C)(C)c1cccc(-c2ccc(CN(Cc3ccc(C(F)(F)F)o3)S(=O)(=O)c3c(C)sc4ccccc34)cc2)c1.Cc1ccc2ccccc2c1S(=O)(=O)N(Cc1ccc(-c2cccc(C(C)(C)C(=O)O)c2)cc1)Cc1cc2ccccc2o1. The number of carboxylic acids is 1. The fourth-order valence-corrected chi connectivity index (χ4v) is 15.4. The molecule has 0 spiro atoms. The van der Waals surface area contributed by atoms with Crippen LogP contribution in [0.4, 0.5) is 13.2 Å². The predicted molar refractivity (Wildman–Crippen MR) is 343 cm³/mol. The van der Waals surface area contributed by atoms with Crippen LogP contribution in [0.2, 0.25) is 0 Å². The highest BCUT2D eigenvalue weighted by Crippen LogP contribution is 2.39. The zero-order chi connectivity index (χ0) is 62.2. The third-order valence-corrected chi connectivity index (χ3v) is 21.1. The molecule has 11 aromatic rings. The fourth-order valence-electron chi connectivity index (χ4n) is 10.5. The highest BCUT2D eigenvalue weighted by Gasteiger charge is 2.37. The second kappa shape index (κ2) is 25.3. The summed E-state index contributed by atoms with van der Waals surface area (Å²) < 4.78 is 112. The van der Waals surface area contributed by atoms with Crippen LogP contribution in [0.3, 0.4) is 0 Å². The van der Waals surface area contributed by atoms with Gasteiger partial charge in [-0.25, -0.2) is 16.8 Å². The number of carbonyl (C=O) groups excluding carboxylic acids is 1. The Labute approximate surface area is 515 Å². The average molecular weight is 1250 g/mol. The maximum Gasteiger partial charge on any atom is 0.449 e. The first kappa shape index (κ1) is 64.0. The number of hydrogen-bond donors (Lipinski definition) is 1. The lowest BCUT2D eigenvalue weighted by Crippen LogP contribution is -2.31. The first-order valence-corrected chi connectivity index (χ1v) is 31.7. The minimum atomic E-state index is -4.69. The highest BCUT2D eigenvalue weighted by atomic mass is 32.2. The number of para-hydroxylation sites is 1. The number of aryl methyl sites for hydroxylation is 2. The second-order valence-corrected chi connectivity index (χ2v) is 27.6. The number of aliphatic carboxylic acids is 1. The van der Waals surface area contributed by atoms with Gasteiger partial charge in [-0.05, 0) is 134 Å². The van der Waals surface area contributed by atoms with E-state index in [4.69, 9.17) is 8.83 Å². The van der Waals surface area contributed by atoms with Gasteiger partial charge < -0.3 is 13.9 Å². The lowest BCUT2D eigenvalue weighted by molar-refractivity contribution is -0.153. The maximum absolute atomic E-state index is 14.5. The molecule has 0 aliphatic heterocycles. The van der Waals surface area contributed by atoms with Crippen molar-refractivity contribution >= 4 is 75.0 Å². The molecule has 3 heterocycles. The molecule has 3 aromatic heterocycles. The van der Waals surface area contributed by atoms with E-state index in [1.54, 1.807) is 52.0 Å². The van der Waals surface area contributed by atoms with E-state index in [-0.39, 0.29) is 50.0 Å². The van der Waals surface area contributed by atoms with Crippen LogP contribution in [0.1, 0.15) is 92.0 Å². The van der Waals surface area contributed by atoms with E-state index < -0.39 is 48.8 Å². The summed E-state index contributed by atoms with van der Waals surface area (Å²) >= 11 is 1.35. The molecular formula is C71H67F3N2O9S3. The van der Waals surface area contributed by atoms with Gasteiger partial charge in [-0.3, -0.25) is 9.59 Å². The first-order valence-electron chi connectivity index (χ1n) is 28.0. The largest absolute Gasteiger partial charge is 0.481 e. The molecule has 0 saturated carbocycles. The molecule has 0 amide bonds. The fraction of sp³-hybridized carbons (Fsp3) is 0.211. The molecule has 11 rings (SSSR count). The van der Waals surface area contributed by atoms with Crippen molar-refractivity contribution in [2.45, 2.75) is 109 Å². The molecule has 454 valence electrons. The number of halogens is 3. The normalized spacial score (nSPS) is 12.4. The monoisotopic (exact) mass is 1240 g/mol. The van der Waals surface area contributed by atoms with Crippen molar-refractivity contribution in [3.05, 3.63) is 250 Å². The molecule has 0 saturated heterocycles. The molecular weight excluding hydrogens is 1180 g/mol. The third-order valence-electron chi connectivity index (χ3n) is 15.9. The average Bonchev–Trinajstić information content (AvgIpc) is 1.44. The van der Waals surface area contributed by atoms with Crippen molar-refractivity contribution in [3.8, 4) is 22.3 Å². The molecule has 0 aliphatic carbocycles. The molecule has 0 fully saturated rings. The molecule has 17 heteroatoms. The highest BCUT2D eigenvalue weighted by molar-refractivity contribution is 7.89. The number of rotatable bonds is 18. The number of nitrogens with zero attached hydrogens (tertiary/aromatic N) is 2. The van der Waals surface area contributed by atoms with Gasteiger partial charge in [0.05, 0.1) is 23.4 Å². The number of fused-ring (bicyclic) bond motifs is 3. The first-order chi connectivity index (χ1) is 41.2. The van der Waals surface area contributed by atoms with Crippen molar-refractivity contribution in [3.63, 3.8) is 0 Å². The number of Topliss-reactive ketones (excluding diaryl/α,β-unsaturated/α-hetero) is 1. The van der Waals surface area contributed by atoms with Crippen molar-refractivity contribution in [1.82, 2.24) is 8.61 Å². The smallest absolute Gasteiger partial charge is 0.449 e. The zero-order valence-electron chi connectivity index (χ0n) is 48.8. The van der Waals surface area contributed by atoms with Crippen LogP contribution in [0.25, 0.3) is 54.1 Å². The summed E-state index contributed by atoms with van der Waals surface area (Å²) in [7, 11) is -8.13. The molecule has 0 aliphatic rings. The maximum atomic E-state index is 14.5. The number of sulfonamides is 2. The van der Waals surface area contributed by atoms with E-state index in [2.05, 4.69) is 0 Å². The standard InChI is InChI=1S/C37H33NO5S.C33H30F3NO4S2.CH4/c1-25-15-18-28-9-4-6-13-33(28)35(25)44(41,42)38(24-32-22-30-10-5-7-14-34(30)43-32)23-26-16-19-27(20-17-26)29-11-8-12-31(21-29)37(2,3)36(39)40;1-21-31(28-10-5-6-11-29(28)42-21)43(39,40)37(20-27-16-17-30(41-27)33(34,35)36)19-23-12-14-24(15-13-23)25-8-7-9-26(18-25)32(3,4)22(2)38;/h4-22H,23-24H2,1-3H3,(H,39,40);5-18H,19-20H2,1-4H3;1H4. The van der Waals surface area contributed by atoms with Crippen molar-refractivity contribution in [1.29, 1.82) is 0 Å². The van der Waals surface area contributed by atoms with Gasteiger partial charge in [0.25, 0.3) is 0 Å². The summed E-state index contributed by atoms with van der Waals surface area (Å²) in [6.07, 6.45) is -4.69.